The summed E-state index contributed by atoms with van der Waals surface area (Å²) in [5.41, 5.74) is 0. The van der Waals surface area contributed by atoms with Gasteiger partial charge in [0, 0.05) is 0 Å². The highest BCUT2D eigenvalue weighted by Crippen LogP contribution is 2.06. The van der Waals surface area contributed by atoms with Gasteiger partial charge in [0.05, 0.1) is 6.61 Å². The molecule has 0 bridgehead atoms. The fourth-order valence-electron chi connectivity index (χ4n) is 1.10. The summed E-state index contributed by atoms with van der Waals surface area (Å²) < 4.78 is 0. The Hall–Kier alpha value is -0.160. The molecule has 0 aliphatic heterocycles. The average molecular weight is 191 g/mol. The maximum absolute atomic E-state index is 7.72. The quantitative estimate of drug-likeness (QED) is 0.327. The van der Waals surface area contributed by atoms with E-state index in [1.165, 1.54) is 25.7 Å². The Morgan fingerprint density at radius 3 is 2.46 bits per heavy atom. The molecule has 79 valence electrons. The van der Waals surface area contributed by atoms with E-state index in [-0.39, 0.29) is 0 Å². The van der Waals surface area contributed by atoms with Crippen molar-refractivity contribution >= 4 is 0 Å². The summed E-state index contributed by atoms with van der Waals surface area (Å²) in [6, 6.07) is 0. The molecule has 1 N–H and O–H groups in total. The molecular formula is C9H19O4. The summed E-state index contributed by atoms with van der Waals surface area (Å²) in [5, 5.41) is 14.8. The minimum Gasteiger partial charge on any atom is -0.219 e. The van der Waals surface area contributed by atoms with Gasteiger partial charge in [0.2, 0.25) is 0 Å². The van der Waals surface area contributed by atoms with E-state index in [9.17, 15) is 0 Å². The smallest absolute Gasteiger partial charge is 0.0854 e. The summed E-state index contributed by atoms with van der Waals surface area (Å²) >= 11 is 0. The molecule has 0 saturated carbocycles. The van der Waals surface area contributed by atoms with Gasteiger partial charge in [-0.15, -0.1) is 0 Å². The third-order valence-corrected chi connectivity index (χ3v) is 1.80. The van der Waals surface area contributed by atoms with Gasteiger partial charge in [-0.25, -0.2) is 10.1 Å². The predicted octanol–water partition coefficient (Wildman–Crippen LogP) is 2.90. The van der Waals surface area contributed by atoms with Crippen LogP contribution in [-0.2, 0) is 15.0 Å². The molecule has 4 nitrogen and oxygen atoms in total. The summed E-state index contributed by atoms with van der Waals surface area (Å²) in [4.78, 5) is 4.43. The van der Waals surface area contributed by atoms with Gasteiger partial charge in [0.25, 0.3) is 0 Å². The molecule has 0 unspecified atom stereocenters. The molecule has 0 aromatic carbocycles. The third-order valence-electron chi connectivity index (χ3n) is 1.80. The zero-order valence-electron chi connectivity index (χ0n) is 8.20. The van der Waals surface area contributed by atoms with Crippen LogP contribution in [0.25, 0.3) is 0 Å². The Bertz CT molecular complexity index is 77.7. The number of hydrogen-bond acceptors (Lipinski definition) is 4. The van der Waals surface area contributed by atoms with E-state index < -0.39 is 0 Å². The average Bonchev–Trinajstić information content (AvgIpc) is 2.16. The highest BCUT2D eigenvalue weighted by Gasteiger charge is 1.91. The minimum atomic E-state index is 0.459. The Morgan fingerprint density at radius 1 is 1.08 bits per heavy atom. The van der Waals surface area contributed by atoms with Crippen LogP contribution in [0.5, 0.6) is 0 Å². The lowest BCUT2D eigenvalue weighted by Gasteiger charge is -2.00. The third kappa shape index (κ3) is 11.8. The van der Waals surface area contributed by atoms with Crippen LogP contribution in [0.4, 0.5) is 0 Å². The molecule has 4 heteroatoms. The van der Waals surface area contributed by atoms with E-state index in [2.05, 4.69) is 28.3 Å². The van der Waals surface area contributed by atoms with Crippen molar-refractivity contribution in [2.45, 2.75) is 45.4 Å². The second-order valence-corrected chi connectivity index (χ2v) is 2.93. The Labute approximate surface area is 79.6 Å². The maximum atomic E-state index is 7.72. The molecule has 0 spiro atoms. The molecular weight excluding hydrogens is 172 g/mol. The summed E-state index contributed by atoms with van der Waals surface area (Å²) in [7, 11) is 0. The molecule has 0 saturated heterocycles. The summed E-state index contributed by atoms with van der Waals surface area (Å²) in [6.45, 7) is 2.54. The van der Waals surface area contributed by atoms with Crippen LogP contribution in [0.1, 0.15) is 45.4 Å². The van der Waals surface area contributed by atoms with Gasteiger partial charge in [-0.05, 0) is 22.9 Å². The standard InChI is InChI=1S/C9H19O4/c1-2-3-4-5-6-7-8-9-11-13-12-10/h2,10H,3-9H2,1H3. The van der Waals surface area contributed by atoms with Crippen LogP contribution in [0.15, 0.2) is 0 Å². The van der Waals surface area contributed by atoms with Crippen LogP contribution in [-0.4, -0.2) is 11.9 Å². The first-order valence-electron chi connectivity index (χ1n) is 4.79. The van der Waals surface area contributed by atoms with Crippen molar-refractivity contribution in [2.75, 3.05) is 6.61 Å². The lowest BCUT2D eigenvalue weighted by Crippen LogP contribution is -1.95. The first kappa shape index (κ1) is 12.8. The molecule has 13 heavy (non-hydrogen) atoms. The monoisotopic (exact) mass is 191 g/mol. The summed E-state index contributed by atoms with van der Waals surface area (Å²) in [5.74, 6) is 0. The van der Waals surface area contributed by atoms with Crippen LogP contribution >= 0.6 is 0 Å². The SMILES string of the molecule is C[CH]CCCCCCCOOOO. The molecule has 0 aliphatic rings. The van der Waals surface area contributed by atoms with E-state index in [1.54, 1.807) is 0 Å². The zero-order chi connectivity index (χ0) is 9.78. The second-order valence-electron chi connectivity index (χ2n) is 2.93. The lowest BCUT2D eigenvalue weighted by molar-refractivity contribution is -0.623. The van der Waals surface area contributed by atoms with Crippen LogP contribution < -0.4 is 0 Å². The number of unbranched alkanes of at least 4 members (excludes halogenated alkanes) is 6. The van der Waals surface area contributed by atoms with Crippen LogP contribution in [0, 0.1) is 6.42 Å². The van der Waals surface area contributed by atoms with Crippen molar-refractivity contribution in [3.05, 3.63) is 6.42 Å². The van der Waals surface area contributed by atoms with E-state index in [0.717, 1.165) is 12.8 Å². The topological polar surface area (TPSA) is 47.9 Å². The first-order valence-corrected chi connectivity index (χ1v) is 4.79. The molecule has 0 atom stereocenters. The zero-order valence-corrected chi connectivity index (χ0v) is 8.20. The lowest BCUT2D eigenvalue weighted by atomic mass is 10.1. The van der Waals surface area contributed by atoms with Gasteiger partial charge in [0.15, 0.2) is 0 Å². The van der Waals surface area contributed by atoms with Crippen molar-refractivity contribution in [2.24, 2.45) is 0 Å². The molecule has 0 aromatic heterocycles. The fourth-order valence-corrected chi connectivity index (χ4v) is 1.10. The van der Waals surface area contributed by atoms with Gasteiger partial charge in [0.1, 0.15) is 0 Å². The Balaban J connectivity index is 2.76. The van der Waals surface area contributed by atoms with E-state index in [0.29, 0.717) is 6.61 Å². The molecule has 0 heterocycles. The van der Waals surface area contributed by atoms with Crippen molar-refractivity contribution in [1.82, 2.24) is 0 Å². The van der Waals surface area contributed by atoms with Gasteiger partial charge < -0.3 is 0 Å². The van der Waals surface area contributed by atoms with Crippen molar-refractivity contribution in [3.63, 3.8) is 0 Å². The van der Waals surface area contributed by atoms with Gasteiger partial charge in [-0.3, -0.25) is 0 Å². The largest absolute Gasteiger partial charge is 0.219 e. The van der Waals surface area contributed by atoms with Crippen molar-refractivity contribution in [1.29, 1.82) is 0 Å². The highest BCUT2D eigenvalue weighted by molar-refractivity contribution is 4.55. The first-order chi connectivity index (χ1) is 6.41. The van der Waals surface area contributed by atoms with Gasteiger partial charge in [-0.2, -0.15) is 0 Å². The fraction of sp³-hybridized carbons (Fsp3) is 0.889. The predicted molar refractivity (Wildman–Crippen MR) is 48.4 cm³/mol. The second kappa shape index (κ2) is 11.8. The van der Waals surface area contributed by atoms with E-state index in [1.807, 2.05) is 0 Å². The molecule has 0 aliphatic carbocycles. The molecule has 0 amide bonds. The molecule has 1 radical (unpaired) electrons. The van der Waals surface area contributed by atoms with Crippen molar-refractivity contribution in [3.8, 4) is 0 Å². The Kier molecular flexibility index (Phi) is 11.7. The van der Waals surface area contributed by atoms with Crippen LogP contribution in [0.3, 0.4) is 0 Å². The molecule has 0 fully saturated rings. The number of rotatable bonds is 10. The van der Waals surface area contributed by atoms with E-state index in [4.69, 9.17) is 5.26 Å². The summed E-state index contributed by atoms with van der Waals surface area (Å²) in [6.07, 6.45) is 9.21. The van der Waals surface area contributed by atoms with Gasteiger partial charge in [-0.1, -0.05) is 39.0 Å². The van der Waals surface area contributed by atoms with E-state index >= 15 is 0 Å². The molecule has 0 aromatic rings. The Morgan fingerprint density at radius 2 is 1.77 bits per heavy atom. The van der Waals surface area contributed by atoms with Crippen LogP contribution in [0.2, 0.25) is 0 Å². The molecule has 0 rings (SSSR count). The highest BCUT2D eigenvalue weighted by atomic mass is 17.6. The van der Waals surface area contributed by atoms with Crippen molar-refractivity contribution < 1.29 is 20.2 Å². The number of hydrogen-bond donors (Lipinski definition) is 1. The maximum Gasteiger partial charge on any atom is 0.0854 e. The van der Waals surface area contributed by atoms with Gasteiger partial charge >= 0.3 is 0 Å². The normalized spacial score (nSPS) is 10.6. The minimum absolute atomic E-state index is 0.459.